The summed E-state index contributed by atoms with van der Waals surface area (Å²) in [5.41, 5.74) is 0. The topological polar surface area (TPSA) is 37.3 Å². The van der Waals surface area contributed by atoms with Crippen LogP contribution in [-0.2, 0) is 4.79 Å². The van der Waals surface area contributed by atoms with E-state index in [-0.39, 0.29) is 0 Å². The quantitative estimate of drug-likeness (QED) is 0.177. The Bertz CT molecular complexity index is 231. The molecule has 0 heterocycles. The highest BCUT2D eigenvalue weighted by Crippen LogP contribution is 2.16. The molecule has 1 N–H and O–H groups in total. The first-order valence-electron chi connectivity index (χ1n) is 8.94. The van der Waals surface area contributed by atoms with Gasteiger partial charge < -0.3 is 5.11 Å². The SMILES string of the molecule is C[C@@H](CCCCCCCCCCCCCCI)CC(=O)O. The van der Waals surface area contributed by atoms with Crippen LogP contribution in [0.4, 0.5) is 0 Å². The van der Waals surface area contributed by atoms with Crippen LogP contribution < -0.4 is 0 Å². The van der Waals surface area contributed by atoms with E-state index in [9.17, 15) is 4.79 Å². The lowest BCUT2D eigenvalue weighted by Gasteiger charge is -2.07. The van der Waals surface area contributed by atoms with Crippen LogP contribution in [0.1, 0.15) is 96.8 Å². The standard InChI is InChI=1S/C18H35IO2/c1-17(16-18(20)21)14-12-10-8-6-4-2-3-5-7-9-11-13-15-19/h17H,2-16H2,1H3,(H,20,21)/t17-/m0/s1. The molecule has 0 fully saturated rings. The average Bonchev–Trinajstić information content (AvgIpc) is 2.43. The van der Waals surface area contributed by atoms with Gasteiger partial charge in [0, 0.05) is 6.42 Å². The lowest BCUT2D eigenvalue weighted by molar-refractivity contribution is -0.138. The number of carboxylic acids is 1. The Kier molecular flexibility index (Phi) is 16.7. The van der Waals surface area contributed by atoms with Crippen molar-refractivity contribution in [2.24, 2.45) is 5.92 Å². The van der Waals surface area contributed by atoms with Crippen molar-refractivity contribution in [3.8, 4) is 0 Å². The van der Waals surface area contributed by atoms with Crippen molar-refractivity contribution < 1.29 is 9.90 Å². The molecule has 0 rings (SSSR count). The lowest BCUT2D eigenvalue weighted by Crippen LogP contribution is -2.03. The third-order valence-corrected chi connectivity index (χ3v) is 4.87. The van der Waals surface area contributed by atoms with Crippen molar-refractivity contribution in [2.45, 2.75) is 96.8 Å². The summed E-state index contributed by atoms with van der Waals surface area (Å²) in [6.45, 7) is 2.05. The van der Waals surface area contributed by atoms with E-state index in [1.807, 2.05) is 6.92 Å². The number of carboxylic acid groups (broad SMARTS) is 1. The summed E-state index contributed by atoms with van der Waals surface area (Å²) in [7, 11) is 0. The van der Waals surface area contributed by atoms with Crippen LogP contribution in [0.5, 0.6) is 0 Å². The Balaban J connectivity index is 3.07. The molecule has 0 unspecified atom stereocenters. The first-order valence-corrected chi connectivity index (χ1v) is 10.5. The Hall–Kier alpha value is 0.200. The van der Waals surface area contributed by atoms with E-state index in [2.05, 4.69) is 22.6 Å². The van der Waals surface area contributed by atoms with Crippen molar-refractivity contribution in [3.05, 3.63) is 0 Å². The molecule has 0 aliphatic rings. The van der Waals surface area contributed by atoms with Crippen LogP contribution >= 0.6 is 22.6 Å². The second kappa shape index (κ2) is 16.6. The first kappa shape index (κ1) is 21.2. The Morgan fingerprint density at radius 1 is 0.810 bits per heavy atom. The molecule has 0 radical (unpaired) electrons. The fraction of sp³-hybridized carbons (Fsp3) is 0.944. The van der Waals surface area contributed by atoms with Crippen LogP contribution in [-0.4, -0.2) is 15.5 Å². The summed E-state index contributed by atoms with van der Waals surface area (Å²) in [4.78, 5) is 10.5. The van der Waals surface area contributed by atoms with E-state index in [0.29, 0.717) is 12.3 Å². The van der Waals surface area contributed by atoms with Crippen molar-refractivity contribution in [3.63, 3.8) is 0 Å². The summed E-state index contributed by atoms with van der Waals surface area (Å²) >= 11 is 2.46. The summed E-state index contributed by atoms with van der Waals surface area (Å²) in [5, 5.41) is 8.69. The van der Waals surface area contributed by atoms with Crippen molar-refractivity contribution in [1.29, 1.82) is 0 Å². The zero-order chi connectivity index (χ0) is 15.8. The van der Waals surface area contributed by atoms with Gasteiger partial charge in [0.25, 0.3) is 0 Å². The summed E-state index contributed by atoms with van der Waals surface area (Å²) in [5.74, 6) is -0.313. The van der Waals surface area contributed by atoms with Gasteiger partial charge in [0.15, 0.2) is 0 Å². The minimum absolute atomic E-state index is 0.331. The maximum Gasteiger partial charge on any atom is 0.303 e. The third-order valence-electron chi connectivity index (χ3n) is 4.10. The van der Waals surface area contributed by atoms with Gasteiger partial charge in [0.1, 0.15) is 0 Å². The van der Waals surface area contributed by atoms with Crippen molar-refractivity contribution in [1.82, 2.24) is 0 Å². The molecule has 3 heteroatoms. The number of carbonyl (C=O) groups is 1. The maximum absolute atomic E-state index is 10.5. The molecule has 0 amide bonds. The van der Waals surface area contributed by atoms with E-state index < -0.39 is 5.97 Å². The van der Waals surface area contributed by atoms with Crippen molar-refractivity contribution >= 4 is 28.6 Å². The molecule has 0 aromatic rings. The number of aliphatic carboxylic acids is 1. The number of hydrogen-bond acceptors (Lipinski definition) is 1. The Morgan fingerprint density at radius 2 is 1.19 bits per heavy atom. The summed E-state index contributed by atoms with van der Waals surface area (Å²) < 4.78 is 1.31. The van der Waals surface area contributed by atoms with Crippen LogP contribution in [0.15, 0.2) is 0 Å². The largest absolute Gasteiger partial charge is 0.481 e. The first-order chi connectivity index (χ1) is 10.2. The van der Waals surface area contributed by atoms with Gasteiger partial charge in [-0.25, -0.2) is 0 Å². The predicted molar refractivity (Wildman–Crippen MR) is 100 cm³/mol. The fourth-order valence-corrected chi connectivity index (χ4v) is 3.29. The van der Waals surface area contributed by atoms with Crippen LogP contribution in [0.25, 0.3) is 0 Å². The highest BCUT2D eigenvalue weighted by atomic mass is 127. The van der Waals surface area contributed by atoms with Crippen LogP contribution in [0, 0.1) is 5.92 Å². The third kappa shape index (κ3) is 18.2. The zero-order valence-electron chi connectivity index (χ0n) is 13.9. The number of alkyl halides is 1. The highest BCUT2D eigenvalue weighted by molar-refractivity contribution is 14.1. The molecule has 0 spiro atoms. The average molecular weight is 410 g/mol. The molecule has 21 heavy (non-hydrogen) atoms. The highest BCUT2D eigenvalue weighted by Gasteiger charge is 2.06. The molecule has 0 aliphatic carbocycles. The molecule has 1 atom stereocenters. The maximum atomic E-state index is 10.5. The van der Waals surface area contributed by atoms with E-state index in [4.69, 9.17) is 5.11 Å². The van der Waals surface area contributed by atoms with Gasteiger partial charge in [-0.1, -0.05) is 107 Å². The molecular formula is C18H35IO2. The predicted octanol–water partition coefficient (Wildman–Crippen LogP) is 6.60. The van der Waals surface area contributed by atoms with Crippen LogP contribution in [0.3, 0.4) is 0 Å². The molecule has 0 aromatic heterocycles. The normalized spacial score (nSPS) is 12.5. The fourth-order valence-electron chi connectivity index (χ4n) is 2.76. The van der Waals surface area contributed by atoms with E-state index in [0.717, 1.165) is 6.42 Å². The van der Waals surface area contributed by atoms with Gasteiger partial charge in [-0.3, -0.25) is 4.79 Å². The van der Waals surface area contributed by atoms with Crippen LogP contribution in [0.2, 0.25) is 0 Å². The second-order valence-electron chi connectivity index (χ2n) is 6.42. The monoisotopic (exact) mass is 410 g/mol. The number of halogens is 1. The van der Waals surface area contributed by atoms with Gasteiger partial charge in [-0.15, -0.1) is 0 Å². The molecule has 0 saturated carbocycles. The smallest absolute Gasteiger partial charge is 0.303 e. The Morgan fingerprint density at radius 3 is 1.57 bits per heavy atom. The lowest BCUT2D eigenvalue weighted by atomic mass is 9.99. The van der Waals surface area contributed by atoms with Gasteiger partial charge in [-0.05, 0) is 16.8 Å². The van der Waals surface area contributed by atoms with Gasteiger partial charge in [0.2, 0.25) is 0 Å². The zero-order valence-corrected chi connectivity index (χ0v) is 16.1. The van der Waals surface area contributed by atoms with Crippen molar-refractivity contribution in [2.75, 3.05) is 4.43 Å². The summed E-state index contributed by atoms with van der Waals surface area (Å²) in [6.07, 6.45) is 17.9. The number of unbranched alkanes of at least 4 members (excludes halogenated alkanes) is 11. The molecule has 0 saturated heterocycles. The van der Waals surface area contributed by atoms with Gasteiger partial charge in [-0.2, -0.15) is 0 Å². The minimum atomic E-state index is -0.656. The minimum Gasteiger partial charge on any atom is -0.481 e. The molecule has 0 aliphatic heterocycles. The van der Waals surface area contributed by atoms with Gasteiger partial charge in [0.05, 0.1) is 0 Å². The number of hydrogen-bond donors (Lipinski definition) is 1. The molecule has 126 valence electrons. The van der Waals surface area contributed by atoms with E-state index in [1.165, 1.54) is 81.5 Å². The molecule has 0 bridgehead atoms. The van der Waals surface area contributed by atoms with Gasteiger partial charge >= 0.3 is 5.97 Å². The number of rotatable bonds is 16. The Labute approximate surface area is 145 Å². The van der Waals surface area contributed by atoms with E-state index in [1.54, 1.807) is 0 Å². The second-order valence-corrected chi connectivity index (χ2v) is 7.50. The van der Waals surface area contributed by atoms with E-state index >= 15 is 0 Å². The molecule has 2 nitrogen and oxygen atoms in total. The molecule has 0 aromatic carbocycles. The summed E-state index contributed by atoms with van der Waals surface area (Å²) in [6, 6.07) is 0. The molecular weight excluding hydrogens is 375 g/mol.